The smallest absolute Gasteiger partial charge is 0.254 e. The van der Waals surface area contributed by atoms with Crippen LogP contribution in [0.4, 0.5) is 0 Å². The monoisotopic (exact) mass is 335 g/mol. The van der Waals surface area contributed by atoms with Gasteiger partial charge in [0.05, 0.1) is 10.9 Å². The second-order valence-electron chi connectivity index (χ2n) is 6.75. The molecular formula is C19H21N5O. The molecule has 25 heavy (non-hydrogen) atoms. The number of nitrogens with two attached hydrogens (primary N) is 1. The van der Waals surface area contributed by atoms with Gasteiger partial charge in [-0.1, -0.05) is 30.3 Å². The number of H-pyrrole nitrogens is 1. The zero-order valence-electron chi connectivity index (χ0n) is 14.4. The van der Waals surface area contributed by atoms with Crippen molar-refractivity contribution in [2.75, 3.05) is 13.1 Å². The van der Waals surface area contributed by atoms with Crippen LogP contribution in [0.1, 0.15) is 33.2 Å². The molecule has 0 aliphatic carbocycles. The van der Waals surface area contributed by atoms with Gasteiger partial charge in [-0.25, -0.2) is 4.98 Å². The maximum absolute atomic E-state index is 13.2. The molecule has 0 radical (unpaired) electrons. The van der Waals surface area contributed by atoms with Crippen LogP contribution in [-0.2, 0) is 0 Å². The minimum absolute atomic E-state index is 0.00567. The molecule has 4 rings (SSSR count). The Morgan fingerprint density at radius 1 is 1.24 bits per heavy atom. The quantitative estimate of drug-likeness (QED) is 0.751. The zero-order chi connectivity index (χ0) is 17.6. The summed E-state index contributed by atoms with van der Waals surface area (Å²) in [6.45, 7) is 4.97. The van der Waals surface area contributed by atoms with E-state index in [2.05, 4.69) is 27.3 Å². The number of hydrogen-bond acceptors (Lipinski definition) is 4. The fraction of sp³-hybridized carbons (Fsp3) is 0.316. The van der Waals surface area contributed by atoms with Gasteiger partial charge >= 0.3 is 0 Å². The molecule has 0 unspecified atom stereocenters. The van der Waals surface area contributed by atoms with E-state index in [1.54, 1.807) is 0 Å². The minimum atomic E-state index is -0.0600. The van der Waals surface area contributed by atoms with Gasteiger partial charge in [0, 0.05) is 36.4 Å². The fourth-order valence-electron chi connectivity index (χ4n) is 3.69. The predicted molar refractivity (Wildman–Crippen MR) is 96.4 cm³/mol. The Balaban J connectivity index is 1.68. The molecule has 0 saturated carbocycles. The van der Waals surface area contributed by atoms with E-state index < -0.39 is 0 Å². The van der Waals surface area contributed by atoms with Crippen LogP contribution < -0.4 is 5.73 Å². The Labute approximate surface area is 146 Å². The molecule has 3 N–H and O–H groups in total. The molecule has 1 aromatic carbocycles. The SMILES string of the molecule is Cc1cc(C(=O)N2C[C@@H](N)[C@H](c3ccccc3)C2)c2c(C)[nH]nc2n1. The number of aromatic amines is 1. The summed E-state index contributed by atoms with van der Waals surface area (Å²) in [4.78, 5) is 19.4. The van der Waals surface area contributed by atoms with E-state index in [4.69, 9.17) is 5.73 Å². The number of aromatic nitrogens is 3. The number of amides is 1. The molecule has 1 aliphatic heterocycles. The zero-order valence-corrected chi connectivity index (χ0v) is 14.4. The number of rotatable bonds is 2. The lowest BCUT2D eigenvalue weighted by Gasteiger charge is -2.17. The van der Waals surface area contributed by atoms with Gasteiger partial charge in [-0.05, 0) is 25.5 Å². The molecule has 2 aromatic heterocycles. The Bertz CT molecular complexity index is 934. The molecule has 3 heterocycles. The number of aryl methyl sites for hydroxylation is 2. The second-order valence-corrected chi connectivity index (χ2v) is 6.75. The molecule has 6 heteroatoms. The maximum Gasteiger partial charge on any atom is 0.254 e. The van der Waals surface area contributed by atoms with Crippen molar-refractivity contribution in [3.63, 3.8) is 0 Å². The molecule has 6 nitrogen and oxygen atoms in total. The molecule has 1 aliphatic rings. The predicted octanol–water partition coefficient (Wildman–Crippen LogP) is 2.14. The van der Waals surface area contributed by atoms with Crippen molar-refractivity contribution >= 4 is 16.9 Å². The van der Waals surface area contributed by atoms with Crippen LogP contribution in [0.2, 0.25) is 0 Å². The van der Waals surface area contributed by atoms with Gasteiger partial charge in [0.15, 0.2) is 5.65 Å². The van der Waals surface area contributed by atoms with Crippen LogP contribution in [0.25, 0.3) is 11.0 Å². The molecule has 0 spiro atoms. The topological polar surface area (TPSA) is 87.9 Å². The van der Waals surface area contributed by atoms with E-state index >= 15 is 0 Å². The Hall–Kier alpha value is -2.73. The van der Waals surface area contributed by atoms with Gasteiger partial charge in [-0.3, -0.25) is 9.89 Å². The first-order valence-electron chi connectivity index (χ1n) is 8.46. The van der Waals surface area contributed by atoms with Crippen LogP contribution in [-0.4, -0.2) is 45.1 Å². The summed E-state index contributed by atoms with van der Waals surface area (Å²) < 4.78 is 0. The Morgan fingerprint density at radius 2 is 2.00 bits per heavy atom. The second kappa shape index (κ2) is 5.97. The van der Waals surface area contributed by atoms with E-state index in [9.17, 15) is 4.79 Å². The summed E-state index contributed by atoms with van der Waals surface area (Å²) in [6.07, 6.45) is 0. The van der Waals surface area contributed by atoms with Crippen molar-refractivity contribution in [1.29, 1.82) is 0 Å². The van der Waals surface area contributed by atoms with Crippen LogP contribution in [0.15, 0.2) is 36.4 Å². The Kier molecular flexibility index (Phi) is 3.77. The molecule has 2 atom stereocenters. The van der Waals surface area contributed by atoms with Gasteiger partial charge in [0.2, 0.25) is 0 Å². The molecule has 1 fully saturated rings. The standard InChI is InChI=1S/C19H21N5O/c1-11-8-14(17-12(2)22-23-18(17)21-11)19(25)24-9-15(16(20)10-24)13-6-4-3-5-7-13/h3-8,15-16H,9-10,20H2,1-2H3,(H,21,22,23)/t15-,16+/m0/s1. The van der Waals surface area contributed by atoms with Crippen molar-refractivity contribution in [1.82, 2.24) is 20.1 Å². The number of nitrogens with one attached hydrogen (secondary N) is 1. The summed E-state index contributed by atoms with van der Waals surface area (Å²) in [7, 11) is 0. The molecule has 3 aromatic rings. The first-order valence-corrected chi connectivity index (χ1v) is 8.46. The number of pyridine rings is 1. The van der Waals surface area contributed by atoms with Crippen LogP contribution in [0, 0.1) is 13.8 Å². The van der Waals surface area contributed by atoms with Crippen LogP contribution in [0.5, 0.6) is 0 Å². The average Bonchev–Trinajstić information content (AvgIpc) is 3.17. The summed E-state index contributed by atoms with van der Waals surface area (Å²) in [6, 6.07) is 11.9. The fourth-order valence-corrected chi connectivity index (χ4v) is 3.69. The van der Waals surface area contributed by atoms with E-state index in [0.29, 0.717) is 24.3 Å². The van der Waals surface area contributed by atoms with Crippen molar-refractivity contribution in [3.05, 3.63) is 58.9 Å². The highest BCUT2D eigenvalue weighted by atomic mass is 16.2. The van der Waals surface area contributed by atoms with E-state index in [1.165, 1.54) is 5.56 Å². The molecule has 1 saturated heterocycles. The maximum atomic E-state index is 13.2. The third-order valence-electron chi connectivity index (χ3n) is 4.94. The highest BCUT2D eigenvalue weighted by molar-refractivity contribution is 6.06. The highest BCUT2D eigenvalue weighted by Crippen LogP contribution is 2.29. The lowest BCUT2D eigenvalue weighted by Crippen LogP contribution is -2.32. The first-order chi connectivity index (χ1) is 12.0. The number of fused-ring (bicyclic) bond motifs is 1. The summed E-state index contributed by atoms with van der Waals surface area (Å²) >= 11 is 0. The summed E-state index contributed by atoms with van der Waals surface area (Å²) in [5.41, 5.74) is 10.4. The third-order valence-corrected chi connectivity index (χ3v) is 4.94. The first kappa shape index (κ1) is 15.8. The third kappa shape index (κ3) is 2.68. The minimum Gasteiger partial charge on any atom is -0.336 e. The van der Waals surface area contributed by atoms with E-state index in [-0.39, 0.29) is 17.9 Å². The molecule has 128 valence electrons. The van der Waals surface area contributed by atoms with Gasteiger partial charge < -0.3 is 10.6 Å². The number of carbonyl (C=O) groups is 1. The van der Waals surface area contributed by atoms with Gasteiger partial charge in [-0.2, -0.15) is 5.10 Å². The van der Waals surface area contributed by atoms with Crippen molar-refractivity contribution < 1.29 is 4.79 Å². The van der Waals surface area contributed by atoms with Gasteiger partial charge in [0.25, 0.3) is 5.91 Å². The number of carbonyl (C=O) groups excluding carboxylic acids is 1. The molecule has 0 bridgehead atoms. The largest absolute Gasteiger partial charge is 0.336 e. The number of hydrogen-bond donors (Lipinski definition) is 2. The van der Waals surface area contributed by atoms with Crippen molar-refractivity contribution in [2.24, 2.45) is 5.73 Å². The number of benzene rings is 1. The average molecular weight is 335 g/mol. The Morgan fingerprint density at radius 3 is 2.76 bits per heavy atom. The summed E-state index contributed by atoms with van der Waals surface area (Å²) in [5, 5.41) is 7.92. The normalized spacial score (nSPS) is 20.4. The molecular weight excluding hydrogens is 314 g/mol. The van der Waals surface area contributed by atoms with Crippen molar-refractivity contribution in [2.45, 2.75) is 25.8 Å². The van der Waals surface area contributed by atoms with Crippen LogP contribution >= 0.6 is 0 Å². The van der Waals surface area contributed by atoms with Crippen LogP contribution in [0.3, 0.4) is 0 Å². The number of likely N-dealkylation sites (tertiary alicyclic amines) is 1. The van der Waals surface area contributed by atoms with Gasteiger partial charge in [0.1, 0.15) is 0 Å². The lowest BCUT2D eigenvalue weighted by atomic mass is 9.95. The number of nitrogens with zero attached hydrogens (tertiary/aromatic N) is 3. The molecule has 1 amide bonds. The highest BCUT2D eigenvalue weighted by Gasteiger charge is 2.35. The van der Waals surface area contributed by atoms with E-state index in [1.807, 2.05) is 43.0 Å². The lowest BCUT2D eigenvalue weighted by molar-refractivity contribution is 0.0791. The van der Waals surface area contributed by atoms with E-state index in [0.717, 1.165) is 16.8 Å². The summed E-state index contributed by atoms with van der Waals surface area (Å²) in [5.74, 6) is 0.155. The van der Waals surface area contributed by atoms with Crippen molar-refractivity contribution in [3.8, 4) is 0 Å². The van der Waals surface area contributed by atoms with Gasteiger partial charge in [-0.15, -0.1) is 0 Å².